The van der Waals surface area contributed by atoms with E-state index in [0.717, 1.165) is 5.56 Å². The smallest absolute Gasteiger partial charge is 0.252 e. The van der Waals surface area contributed by atoms with E-state index < -0.39 is 10.0 Å². The van der Waals surface area contributed by atoms with Gasteiger partial charge in [-0.2, -0.15) is 0 Å². The maximum atomic E-state index is 12.5. The summed E-state index contributed by atoms with van der Waals surface area (Å²) < 4.78 is 26.6. The predicted molar refractivity (Wildman–Crippen MR) is 92.2 cm³/mol. The zero-order valence-corrected chi connectivity index (χ0v) is 14.7. The number of hydrogen-bond acceptors (Lipinski definition) is 4. The van der Waals surface area contributed by atoms with E-state index in [-0.39, 0.29) is 23.4 Å². The standard InChI is InChI=1S/C17H21N3O3S/c1-4-19-24(22,23)15-6-5-12(2)16(11-15)17(21)20-13(3)14-7-9-18-10-8-14/h5-11,13,19H,4H2,1-3H3,(H,20,21)/t13-/m1/s1. The van der Waals surface area contributed by atoms with Crippen LogP contribution in [0.5, 0.6) is 0 Å². The van der Waals surface area contributed by atoms with Crippen LogP contribution in [0.15, 0.2) is 47.6 Å². The molecule has 0 unspecified atom stereocenters. The summed E-state index contributed by atoms with van der Waals surface area (Å²) in [7, 11) is -3.60. The summed E-state index contributed by atoms with van der Waals surface area (Å²) in [6.07, 6.45) is 3.32. The second-order valence-electron chi connectivity index (χ2n) is 5.45. The molecule has 6 nitrogen and oxygen atoms in total. The first kappa shape index (κ1) is 18.1. The molecule has 0 radical (unpaired) electrons. The molecule has 1 heterocycles. The minimum absolute atomic E-state index is 0.0802. The Labute approximate surface area is 142 Å². The number of rotatable bonds is 6. The van der Waals surface area contributed by atoms with Gasteiger partial charge < -0.3 is 5.32 Å². The molecule has 0 bridgehead atoms. The molecule has 0 aliphatic carbocycles. The number of hydrogen-bond donors (Lipinski definition) is 2. The third-order valence-electron chi connectivity index (χ3n) is 3.65. The Kier molecular flexibility index (Phi) is 5.69. The van der Waals surface area contributed by atoms with E-state index in [0.29, 0.717) is 11.1 Å². The quantitative estimate of drug-likeness (QED) is 0.838. The average molecular weight is 347 g/mol. The lowest BCUT2D eigenvalue weighted by atomic mass is 10.1. The summed E-state index contributed by atoms with van der Waals surface area (Å²) in [5, 5.41) is 2.88. The van der Waals surface area contributed by atoms with E-state index in [1.54, 1.807) is 32.3 Å². The molecule has 1 aromatic heterocycles. The molecule has 1 atom stereocenters. The summed E-state index contributed by atoms with van der Waals surface area (Å²) in [5.41, 5.74) is 1.98. The highest BCUT2D eigenvalue weighted by atomic mass is 32.2. The number of carbonyl (C=O) groups is 1. The number of aryl methyl sites for hydroxylation is 1. The fraction of sp³-hybridized carbons (Fsp3) is 0.294. The first-order valence-electron chi connectivity index (χ1n) is 7.66. The van der Waals surface area contributed by atoms with Crippen molar-refractivity contribution in [3.05, 3.63) is 59.4 Å². The molecule has 0 aliphatic rings. The van der Waals surface area contributed by atoms with Gasteiger partial charge in [-0.15, -0.1) is 0 Å². The lowest BCUT2D eigenvalue weighted by molar-refractivity contribution is 0.0939. The average Bonchev–Trinajstić information content (AvgIpc) is 2.55. The molecule has 0 spiro atoms. The molecule has 0 saturated carbocycles. The molecule has 2 N–H and O–H groups in total. The summed E-state index contributed by atoms with van der Waals surface area (Å²) in [5.74, 6) is -0.314. The van der Waals surface area contributed by atoms with Gasteiger partial charge in [0.2, 0.25) is 10.0 Å². The Hall–Kier alpha value is -2.25. The molecule has 7 heteroatoms. The van der Waals surface area contributed by atoms with Crippen molar-refractivity contribution in [2.45, 2.75) is 31.7 Å². The van der Waals surface area contributed by atoms with E-state index in [1.807, 2.05) is 19.1 Å². The molecular formula is C17H21N3O3S. The Morgan fingerprint density at radius 1 is 1.21 bits per heavy atom. The highest BCUT2D eigenvalue weighted by Crippen LogP contribution is 2.17. The Morgan fingerprint density at radius 2 is 1.88 bits per heavy atom. The Bertz CT molecular complexity index is 820. The first-order valence-corrected chi connectivity index (χ1v) is 9.14. The van der Waals surface area contributed by atoms with Gasteiger partial charge in [-0.05, 0) is 49.2 Å². The van der Waals surface area contributed by atoms with Crippen LogP contribution < -0.4 is 10.0 Å². The van der Waals surface area contributed by atoms with Crippen molar-refractivity contribution in [1.82, 2.24) is 15.0 Å². The van der Waals surface area contributed by atoms with E-state index in [1.165, 1.54) is 12.1 Å². The van der Waals surface area contributed by atoms with Crippen molar-refractivity contribution >= 4 is 15.9 Å². The molecule has 1 amide bonds. The maximum Gasteiger partial charge on any atom is 0.252 e. The zero-order valence-electron chi connectivity index (χ0n) is 13.9. The number of amides is 1. The third-order valence-corrected chi connectivity index (χ3v) is 5.20. The normalized spacial score (nSPS) is 12.6. The third kappa shape index (κ3) is 4.18. The molecule has 0 saturated heterocycles. The Balaban J connectivity index is 2.26. The van der Waals surface area contributed by atoms with E-state index in [2.05, 4.69) is 15.0 Å². The molecule has 128 valence electrons. The van der Waals surface area contributed by atoms with Crippen molar-refractivity contribution in [2.24, 2.45) is 0 Å². The first-order chi connectivity index (χ1) is 11.3. The fourth-order valence-corrected chi connectivity index (χ4v) is 3.36. The second kappa shape index (κ2) is 7.55. The van der Waals surface area contributed by atoms with Crippen LogP contribution in [-0.2, 0) is 10.0 Å². The summed E-state index contributed by atoms with van der Waals surface area (Å²) >= 11 is 0. The number of nitrogens with one attached hydrogen (secondary N) is 2. The monoisotopic (exact) mass is 347 g/mol. The number of benzene rings is 1. The van der Waals surface area contributed by atoms with Crippen LogP contribution in [0.25, 0.3) is 0 Å². The summed E-state index contributed by atoms with van der Waals surface area (Å²) in [6.45, 7) is 5.63. The van der Waals surface area contributed by atoms with Gasteiger partial charge in [0.1, 0.15) is 0 Å². The van der Waals surface area contributed by atoms with Crippen LogP contribution in [0.4, 0.5) is 0 Å². The minimum atomic E-state index is -3.60. The highest BCUT2D eigenvalue weighted by Gasteiger charge is 2.18. The van der Waals surface area contributed by atoms with Gasteiger partial charge >= 0.3 is 0 Å². The van der Waals surface area contributed by atoms with E-state index >= 15 is 0 Å². The Morgan fingerprint density at radius 3 is 2.50 bits per heavy atom. The maximum absolute atomic E-state index is 12.5. The molecule has 0 fully saturated rings. The number of carbonyl (C=O) groups excluding carboxylic acids is 1. The van der Waals surface area contributed by atoms with Gasteiger partial charge in [0.25, 0.3) is 5.91 Å². The molecule has 1 aromatic carbocycles. The van der Waals surface area contributed by atoms with Crippen LogP contribution in [-0.4, -0.2) is 25.9 Å². The SMILES string of the molecule is CCNS(=O)(=O)c1ccc(C)c(C(=O)N[C@H](C)c2ccncc2)c1. The predicted octanol–water partition coefficient (Wildman–Crippen LogP) is 2.18. The molecule has 24 heavy (non-hydrogen) atoms. The zero-order chi connectivity index (χ0) is 17.7. The summed E-state index contributed by atoms with van der Waals surface area (Å²) in [6, 6.07) is 7.97. The summed E-state index contributed by atoms with van der Waals surface area (Å²) in [4.78, 5) is 16.6. The molecule has 2 rings (SSSR count). The number of nitrogens with zero attached hydrogens (tertiary/aromatic N) is 1. The van der Waals surface area contributed by atoms with Gasteiger partial charge in [0.05, 0.1) is 10.9 Å². The van der Waals surface area contributed by atoms with Crippen LogP contribution in [0.1, 0.15) is 41.4 Å². The molecule has 2 aromatic rings. The van der Waals surface area contributed by atoms with Crippen molar-refractivity contribution in [2.75, 3.05) is 6.54 Å². The van der Waals surface area contributed by atoms with E-state index in [4.69, 9.17) is 0 Å². The van der Waals surface area contributed by atoms with Crippen molar-refractivity contribution in [1.29, 1.82) is 0 Å². The molecular weight excluding hydrogens is 326 g/mol. The minimum Gasteiger partial charge on any atom is -0.346 e. The molecule has 0 aliphatic heterocycles. The van der Waals surface area contributed by atoms with Crippen molar-refractivity contribution in [3.63, 3.8) is 0 Å². The van der Waals surface area contributed by atoms with Crippen molar-refractivity contribution < 1.29 is 13.2 Å². The van der Waals surface area contributed by atoms with Crippen LogP contribution in [0, 0.1) is 6.92 Å². The van der Waals surface area contributed by atoms with Gasteiger partial charge in [-0.1, -0.05) is 13.0 Å². The second-order valence-corrected chi connectivity index (χ2v) is 7.22. The van der Waals surface area contributed by atoms with Crippen LogP contribution in [0.3, 0.4) is 0 Å². The van der Waals surface area contributed by atoms with E-state index in [9.17, 15) is 13.2 Å². The lowest BCUT2D eigenvalue weighted by Gasteiger charge is -2.16. The van der Waals surface area contributed by atoms with Crippen LogP contribution >= 0.6 is 0 Å². The van der Waals surface area contributed by atoms with Gasteiger partial charge in [0.15, 0.2) is 0 Å². The van der Waals surface area contributed by atoms with Gasteiger partial charge in [0, 0.05) is 24.5 Å². The number of sulfonamides is 1. The van der Waals surface area contributed by atoms with Crippen molar-refractivity contribution in [3.8, 4) is 0 Å². The largest absolute Gasteiger partial charge is 0.346 e. The lowest BCUT2D eigenvalue weighted by Crippen LogP contribution is -2.28. The topological polar surface area (TPSA) is 88.2 Å². The van der Waals surface area contributed by atoms with Gasteiger partial charge in [-0.3, -0.25) is 9.78 Å². The number of aromatic nitrogens is 1. The van der Waals surface area contributed by atoms with Gasteiger partial charge in [-0.25, -0.2) is 13.1 Å². The number of pyridine rings is 1. The van der Waals surface area contributed by atoms with Crippen LogP contribution in [0.2, 0.25) is 0 Å². The fourth-order valence-electron chi connectivity index (χ4n) is 2.30. The highest BCUT2D eigenvalue weighted by molar-refractivity contribution is 7.89.